The predicted octanol–water partition coefficient (Wildman–Crippen LogP) is 8.00. The average Bonchev–Trinajstić information content (AvgIpc) is 3.45. The van der Waals surface area contributed by atoms with Crippen LogP contribution in [0.25, 0.3) is 32.9 Å². The second-order valence-corrected chi connectivity index (χ2v) is 11.6. The molecule has 8 heteroatoms. The highest BCUT2D eigenvalue weighted by Crippen LogP contribution is 2.37. The van der Waals surface area contributed by atoms with Crippen LogP contribution in [-0.2, 0) is 4.79 Å². The summed E-state index contributed by atoms with van der Waals surface area (Å²) in [5, 5.41) is 8.55. The Balaban J connectivity index is 1.06. The highest BCUT2D eigenvalue weighted by atomic mass is 35.5. The third-order valence-electron chi connectivity index (χ3n) is 8.18. The molecular formula is C35H33ClFN3O3. The number of carbonyl (C=O) groups is 2. The first-order valence-electron chi connectivity index (χ1n) is 14.6. The molecule has 0 unspecified atom stereocenters. The Kier molecular flexibility index (Phi) is 8.45. The smallest absolute Gasteiger partial charge is 0.287 e. The van der Waals surface area contributed by atoms with Gasteiger partial charge in [0.2, 0.25) is 5.91 Å². The van der Waals surface area contributed by atoms with Crippen molar-refractivity contribution in [1.29, 1.82) is 0 Å². The van der Waals surface area contributed by atoms with Crippen LogP contribution >= 0.6 is 11.6 Å². The minimum absolute atomic E-state index is 0.0605. The first-order chi connectivity index (χ1) is 20.9. The summed E-state index contributed by atoms with van der Waals surface area (Å²) in [5.74, 6) is -0.0294. The quantitative estimate of drug-likeness (QED) is 0.178. The van der Waals surface area contributed by atoms with Crippen LogP contribution in [0.4, 0.5) is 10.1 Å². The Morgan fingerprint density at radius 1 is 0.977 bits per heavy atom. The number of piperidine rings is 1. The molecule has 0 bridgehead atoms. The molecule has 1 aliphatic rings. The van der Waals surface area contributed by atoms with Crippen LogP contribution in [0.15, 0.2) is 83.3 Å². The molecule has 1 saturated heterocycles. The van der Waals surface area contributed by atoms with Gasteiger partial charge in [0.15, 0.2) is 5.76 Å². The maximum absolute atomic E-state index is 13.8. The number of halogens is 2. The fraction of sp³-hybridized carbons (Fsp3) is 0.257. The first kappa shape index (κ1) is 28.9. The van der Waals surface area contributed by atoms with E-state index in [0.29, 0.717) is 18.0 Å². The third kappa shape index (κ3) is 6.43. The molecule has 0 saturated carbocycles. The number of nitrogens with zero attached hydrogens (tertiary/aromatic N) is 1. The van der Waals surface area contributed by atoms with Gasteiger partial charge in [-0.05, 0) is 103 Å². The topological polar surface area (TPSA) is 74.6 Å². The van der Waals surface area contributed by atoms with Crippen LogP contribution in [0.1, 0.15) is 48.2 Å². The molecule has 6 nitrogen and oxygen atoms in total. The predicted molar refractivity (Wildman–Crippen MR) is 170 cm³/mol. The fourth-order valence-corrected chi connectivity index (χ4v) is 6.22. The van der Waals surface area contributed by atoms with Gasteiger partial charge in [-0.1, -0.05) is 54.1 Å². The summed E-state index contributed by atoms with van der Waals surface area (Å²) in [4.78, 5) is 26.9. The molecular weight excluding hydrogens is 565 g/mol. The van der Waals surface area contributed by atoms with Gasteiger partial charge in [0, 0.05) is 29.9 Å². The summed E-state index contributed by atoms with van der Waals surface area (Å²) < 4.78 is 19.9. The summed E-state index contributed by atoms with van der Waals surface area (Å²) in [6.45, 7) is 4.99. The zero-order valence-electron chi connectivity index (χ0n) is 24.0. The highest BCUT2D eigenvalue weighted by molar-refractivity contribution is 6.31. The SMILES string of the molecule is CC(=O)Nc1cccc(C2CCN(CCCNC(=O)c3cc4cc(-c5ccc(F)c(Cl)c5)c5ccccc5c4o3)CC2)c1. The maximum atomic E-state index is 13.8. The molecule has 2 N–H and O–H groups in total. The average molecular weight is 598 g/mol. The molecule has 1 aromatic heterocycles. The van der Waals surface area contributed by atoms with Gasteiger partial charge in [-0.2, -0.15) is 0 Å². The number of likely N-dealkylation sites (tertiary alicyclic amines) is 1. The normalized spacial score (nSPS) is 14.3. The fourth-order valence-electron chi connectivity index (χ4n) is 6.04. The number of hydrogen-bond donors (Lipinski definition) is 2. The van der Waals surface area contributed by atoms with E-state index in [1.165, 1.54) is 18.6 Å². The number of anilines is 1. The molecule has 5 aromatic rings. The number of benzene rings is 4. The summed E-state index contributed by atoms with van der Waals surface area (Å²) in [5.41, 5.74) is 4.44. The lowest BCUT2D eigenvalue weighted by Crippen LogP contribution is -2.35. The minimum atomic E-state index is -0.465. The van der Waals surface area contributed by atoms with Gasteiger partial charge >= 0.3 is 0 Å². The van der Waals surface area contributed by atoms with Crippen LogP contribution < -0.4 is 10.6 Å². The standard InChI is InChI=1S/C35H33ClFN3O3/c1-22(41)39-27-7-4-6-24(18-27)23-12-16-40(17-13-23)15-5-14-38-35(42)33-21-26-19-30(25-10-11-32(37)31(36)20-25)28-8-2-3-9-29(28)34(26)43-33/h2-4,6-11,18-21,23H,5,12-17H2,1H3,(H,38,42)(H,39,41). The molecule has 220 valence electrons. The molecule has 6 rings (SSSR count). The first-order valence-corrected chi connectivity index (χ1v) is 15.0. The maximum Gasteiger partial charge on any atom is 0.287 e. The second kappa shape index (κ2) is 12.6. The van der Waals surface area contributed by atoms with Crippen molar-refractivity contribution in [2.75, 3.05) is 31.5 Å². The van der Waals surface area contributed by atoms with E-state index in [0.717, 1.165) is 71.9 Å². The van der Waals surface area contributed by atoms with E-state index in [2.05, 4.69) is 27.7 Å². The molecule has 1 aliphatic heterocycles. The summed E-state index contributed by atoms with van der Waals surface area (Å²) in [6, 6.07) is 24.4. The number of amides is 2. The lowest BCUT2D eigenvalue weighted by atomic mass is 9.89. The molecule has 0 atom stereocenters. The van der Waals surface area contributed by atoms with Crippen LogP contribution in [0, 0.1) is 5.82 Å². The number of carbonyl (C=O) groups excluding carboxylic acids is 2. The van der Waals surface area contributed by atoms with E-state index in [4.69, 9.17) is 16.0 Å². The van der Waals surface area contributed by atoms with Crippen molar-refractivity contribution in [3.63, 3.8) is 0 Å². The van der Waals surface area contributed by atoms with E-state index in [-0.39, 0.29) is 22.6 Å². The Bertz CT molecular complexity index is 1810. The zero-order chi connectivity index (χ0) is 29.9. The number of furan rings is 1. The van der Waals surface area contributed by atoms with E-state index in [9.17, 15) is 14.0 Å². The monoisotopic (exact) mass is 597 g/mol. The number of rotatable bonds is 8. The van der Waals surface area contributed by atoms with Gasteiger partial charge in [-0.3, -0.25) is 9.59 Å². The number of nitrogens with one attached hydrogen (secondary N) is 2. The Hall–Kier alpha value is -4.20. The van der Waals surface area contributed by atoms with E-state index in [1.54, 1.807) is 18.2 Å². The second-order valence-electron chi connectivity index (χ2n) is 11.2. The summed E-state index contributed by atoms with van der Waals surface area (Å²) in [6.07, 6.45) is 2.97. The largest absolute Gasteiger partial charge is 0.450 e. The lowest BCUT2D eigenvalue weighted by molar-refractivity contribution is -0.114. The van der Waals surface area contributed by atoms with Crippen molar-refractivity contribution in [3.8, 4) is 11.1 Å². The van der Waals surface area contributed by atoms with Crippen molar-refractivity contribution in [1.82, 2.24) is 10.2 Å². The lowest BCUT2D eigenvalue weighted by Gasteiger charge is -2.32. The molecule has 4 aromatic carbocycles. The molecule has 0 aliphatic carbocycles. The van der Waals surface area contributed by atoms with Gasteiger partial charge in [-0.25, -0.2) is 4.39 Å². The van der Waals surface area contributed by atoms with Crippen molar-refractivity contribution in [2.45, 2.75) is 32.1 Å². The Labute approximate surface area is 254 Å². The molecule has 43 heavy (non-hydrogen) atoms. The van der Waals surface area contributed by atoms with E-state index < -0.39 is 5.82 Å². The Morgan fingerprint density at radius 3 is 2.53 bits per heavy atom. The van der Waals surface area contributed by atoms with Gasteiger partial charge < -0.3 is 20.0 Å². The van der Waals surface area contributed by atoms with E-state index in [1.807, 2.05) is 42.5 Å². The molecule has 0 radical (unpaired) electrons. The van der Waals surface area contributed by atoms with Crippen LogP contribution in [0.3, 0.4) is 0 Å². The minimum Gasteiger partial charge on any atom is -0.450 e. The zero-order valence-corrected chi connectivity index (χ0v) is 24.7. The summed E-state index contributed by atoms with van der Waals surface area (Å²) >= 11 is 6.08. The molecule has 1 fully saturated rings. The van der Waals surface area contributed by atoms with Gasteiger partial charge in [0.1, 0.15) is 11.4 Å². The van der Waals surface area contributed by atoms with Crippen molar-refractivity contribution in [2.24, 2.45) is 0 Å². The summed E-state index contributed by atoms with van der Waals surface area (Å²) in [7, 11) is 0. The molecule has 0 spiro atoms. The number of hydrogen-bond acceptors (Lipinski definition) is 4. The van der Waals surface area contributed by atoms with Gasteiger partial charge in [0.05, 0.1) is 5.02 Å². The van der Waals surface area contributed by atoms with Gasteiger partial charge in [-0.15, -0.1) is 0 Å². The Morgan fingerprint density at radius 2 is 1.77 bits per heavy atom. The molecule has 2 heterocycles. The van der Waals surface area contributed by atoms with Crippen LogP contribution in [0.5, 0.6) is 0 Å². The van der Waals surface area contributed by atoms with Gasteiger partial charge in [0.25, 0.3) is 5.91 Å². The van der Waals surface area contributed by atoms with Crippen LogP contribution in [0.2, 0.25) is 5.02 Å². The van der Waals surface area contributed by atoms with Crippen molar-refractivity contribution >= 4 is 50.8 Å². The third-order valence-corrected chi connectivity index (χ3v) is 8.47. The van der Waals surface area contributed by atoms with Crippen LogP contribution in [-0.4, -0.2) is 42.9 Å². The number of fused-ring (bicyclic) bond motifs is 3. The molecule has 2 amide bonds. The van der Waals surface area contributed by atoms with Crippen molar-refractivity contribution < 1.29 is 18.4 Å². The van der Waals surface area contributed by atoms with E-state index >= 15 is 0 Å². The highest BCUT2D eigenvalue weighted by Gasteiger charge is 2.21. The van der Waals surface area contributed by atoms with Crippen molar-refractivity contribution in [3.05, 3.63) is 101 Å².